The predicted octanol–water partition coefficient (Wildman–Crippen LogP) is 3.03. The molecule has 0 atom stereocenters. The number of sulfone groups is 1. The number of benzene rings is 1. The number of halogens is 1. The van der Waals surface area contributed by atoms with Crippen molar-refractivity contribution in [1.82, 2.24) is 0 Å². The van der Waals surface area contributed by atoms with E-state index in [9.17, 15) is 8.42 Å². The minimum Gasteiger partial charge on any atom is -0.488 e. The fourth-order valence-corrected chi connectivity index (χ4v) is 2.94. The molecule has 0 bridgehead atoms. The lowest BCUT2D eigenvalue weighted by atomic mass is 10.1. The molecule has 0 saturated heterocycles. The van der Waals surface area contributed by atoms with Crippen molar-refractivity contribution in [2.45, 2.75) is 30.8 Å². The van der Waals surface area contributed by atoms with E-state index in [1.807, 2.05) is 13.8 Å². The molecule has 0 amide bonds. The number of hydrogen-bond donors (Lipinski definition) is 0. The van der Waals surface area contributed by atoms with Crippen LogP contribution in [0.1, 0.15) is 20.3 Å². The molecule has 17 heavy (non-hydrogen) atoms. The molecule has 0 radical (unpaired) electrons. The van der Waals surface area contributed by atoms with Crippen LogP contribution in [0.15, 0.2) is 29.2 Å². The molecule has 1 rings (SSSR count). The Morgan fingerprint density at radius 1 is 1.24 bits per heavy atom. The van der Waals surface area contributed by atoms with Gasteiger partial charge in [0.05, 0.1) is 4.90 Å². The van der Waals surface area contributed by atoms with Gasteiger partial charge in [-0.3, -0.25) is 0 Å². The van der Waals surface area contributed by atoms with Crippen molar-refractivity contribution in [3.63, 3.8) is 0 Å². The smallest absolute Gasteiger partial charge is 0.175 e. The van der Waals surface area contributed by atoms with E-state index in [0.717, 1.165) is 11.8 Å². The summed E-state index contributed by atoms with van der Waals surface area (Å²) in [4.78, 5) is 0.308. The summed E-state index contributed by atoms with van der Waals surface area (Å²) >= 11 is 3.38. The lowest BCUT2D eigenvalue weighted by molar-refractivity contribution is 0.107. The summed E-state index contributed by atoms with van der Waals surface area (Å²) in [6.45, 7) is 4.00. The highest BCUT2D eigenvalue weighted by Gasteiger charge is 2.19. The molecule has 0 aliphatic rings. The van der Waals surface area contributed by atoms with Gasteiger partial charge in [-0.25, -0.2) is 8.42 Å². The van der Waals surface area contributed by atoms with Crippen molar-refractivity contribution in [3.8, 4) is 5.75 Å². The van der Waals surface area contributed by atoms with Crippen LogP contribution in [0.4, 0.5) is 0 Å². The van der Waals surface area contributed by atoms with Gasteiger partial charge in [-0.15, -0.1) is 0 Å². The first-order valence-electron chi connectivity index (χ1n) is 5.30. The zero-order valence-corrected chi connectivity index (χ0v) is 12.6. The van der Waals surface area contributed by atoms with Gasteiger partial charge in [0.25, 0.3) is 0 Å². The standard InChI is InChI=1S/C12H17BrO3S/c1-12(2,8-9-13)16-10-4-6-11(7-5-10)17(3,14)15/h4-7H,8-9H2,1-3H3. The van der Waals surface area contributed by atoms with E-state index >= 15 is 0 Å². The van der Waals surface area contributed by atoms with Gasteiger partial charge < -0.3 is 4.74 Å². The second kappa shape index (κ2) is 5.40. The number of hydrogen-bond acceptors (Lipinski definition) is 3. The summed E-state index contributed by atoms with van der Waals surface area (Å²) in [5.41, 5.74) is -0.268. The predicted molar refractivity (Wildman–Crippen MR) is 72.7 cm³/mol. The van der Waals surface area contributed by atoms with Crippen LogP contribution in [0, 0.1) is 0 Å². The summed E-state index contributed by atoms with van der Waals surface area (Å²) in [5.74, 6) is 0.684. The molecule has 3 nitrogen and oxygen atoms in total. The lowest BCUT2D eigenvalue weighted by Gasteiger charge is -2.25. The van der Waals surface area contributed by atoms with Gasteiger partial charge in [0, 0.05) is 11.6 Å². The third kappa shape index (κ3) is 4.68. The van der Waals surface area contributed by atoms with E-state index in [-0.39, 0.29) is 5.60 Å². The Morgan fingerprint density at radius 2 is 1.76 bits per heavy atom. The summed E-state index contributed by atoms with van der Waals surface area (Å²) in [6.07, 6.45) is 2.07. The first kappa shape index (κ1) is 14.5. The highest BCUT2D eigenvalue weighted by atomic mass is 79.9. The van der Waals surface area contributed by atoms with Crippen LogP contribution in [0.5, 0.6) is 5.75 Å². The van der Waals surface area contributed by atoms with E-state index in [1.54, 1.807) is 24.3 Å². The fourth-order valence-electron chi connectivity index (χ4n) is 1.35. The van der Waals surface area contributed by atoms with Crippen molar-refractivity contribution in [1.29, 1.82) is 0 Å². The SMILES string of the molecule is CC(C)(CCBr)Oc1ccc(S(C)(=O)=O)cc1. The molecule has 0 N–H and O–H groups in total. The van der Waals surface area contributed by atoms with E-state index in [1.165, 1.54) is 6.26 Å². The molecule has 0 unspecified atom stereocenters. The maximum atomic E-state index is 11.3. The third-order valence-corrected chi connectivity index (χ3v) is 3.87. The van der Waals surface area contributed by atoms with Crippen molar-refractivity contribution in [2.75, 3.05) is 11.6 Å². The van der Waals surface area contributed by atoms with E-state index in [0.29, 0.717) is 10.6 Å². The first-order valence-corrected chi connectivity index (χ1v) is 8.31. The quantitative estimate of drug-likeness (QED) is 0.783. The molecule has 1 aromatic carbocycles. The summed E-state index contributed by atoms with van der Waals surface area (Å²) in [7, 11) is -3.14. The van der Waals surface area contributed by atoms with Crippen LogP contribution in [-0.4, -0.2) is 25.6 Å². The largest absolute Gasteiger partial charge is 0.488 e. The van der Waals surface area contributed by atoms with E-state index < -0.39 is 9.84 Å². The van der Waals surface area contributed by atoms with Gasteiger partial charge in [-0.1, -0.05) is 15.9 Å². The number of ether oxygens (including phenoxy) is 1. The van der Waals surface area contributed by atoms with Gasteiger partial charge in [0.1, 0.15) is 11.4 Å². The van der Waals surface area contributed by atoms with Crippen molar-refractivity contribution < 1.29 is 13.2 Å². The van der Waals surface area contributed by atoms with Crippen molar-refractivity contribution in [2.24, 2.45) is 0 Å². The average Bonchev–Trinajstić information content (AvgIpc) is 2.16. The second-order valence-electron chi connectivity index (χ2n) is 4.54. The van der Waals surface area contributed by atoms with Crippen LogP contribution in [-0.2, 0) is 9.84 Å². The van der Waals surface area contributed by atoms with Crippen molar-refractivity contribution in [3.05, 3.63) is 24.3 Å². The second-order valence-corrected chi connectivity index (χ2v) is 7.35. The van der Waals surface area contributed by atoms with E-state index in [2.05, 4.69) is 15.9 Å². The Kier molecular flexibility index (Phi) is 4.61. The molecule has 0 aliphatic carbocycles. The van der Waals surface area contributed by atoms with Gasteiger partial charge in [0.2, 0.25) is 0 Å². The Balaban J connectivity index is 2.82. The lowest BCUT2D eigenvalue weighted by Crippen LogP contribution is -2.28. The molecular formula is C12H17BrO3S. The number of alkyl halides is 1. The third-order valence-electron chi connectivity index (χ3n) is 2.34. The van der Waals surface area contributed by atoms with Crippen molar-refractivity contribution >= 4 is 25.8 Å². The monoisotopic (exact) mass is 320 g/mol. The molecule has 5 heteroatoms. The van der Waals surface area contributed by atoms with Gasteiger partial charge >= 0.3 is 0 Å². The maximum Gasteiger partial charge on any atom is 0.175 e. The average molecular weight is 321 g/mol. The molecule has 0 fully saturated rings. The molecule has 0 saturated carbocycles. The normalized spacial score (nSPS) is 12.5. The van der Waals surface area contributed by atoms with Crippen LogP contribution in [0.3, 0.4) is 0 Å². The topological polar surface area (TPSA) is 43.4 Å². The van der Waals surface area contributed by atoms with Crippen LogP contribution in [0.2, 0.25) is 0 Å². The Labute approximate surface area is 111 Å². The zero-order chi connectivity index (χ0) is 13.1. The van der Waals surface area contributed by atoms with Gasteiger partial charge in [-0.05, 0) is 44.5 Å². The van der Waals surface area contributed by atoms with Gasteiger partial charge in [0.15, 0.2) is 9.84 Å². The number of rotatable bonds is 5. The van der Waals surface area contributed by atoms with Crippen LogP contribution < -0.4 is 4.74 Å². The zero-order valence-electron chi connectivity index (χ0n) is 10.2. The molecule has 0 aliphatic heterocycles. The van der Waals surface area contributed by atoms with Crippen LogP contribution in [0.25, 0.3) is 0 Å². The van der Waals surface area contributed by atoms with Gasteiger partial charge in [-0.2, -0.15) is 0 Å². The summed E-state index contributed by atoms with van der Waals surface area (Å²) in [5, 5.41) is 0.863. The molecule has 0 aromatic heterocycles. The molecule has 1 aromatic rings. The highest BCUT2D eigenvalue weighted by molar-refractivity contribution is 9.09. The van der Waals surface area contributed by atoms with E-state index in [4.69, 9.17) is 4.74 Å². The molecular weight excluding hydrogens is 304 g/mol. The molecule has 0 spiro atoms. The minimum absolute atomic E-state index is 0.268. The first-order chi connectivity index (χ1) is 7.74. The van der Waals surface area contributed by atoms with Crippen LogP contribution >= 0.6 is 15.9 Å². The Morgan fingerprint density at radius 3 is 2.18 bits per heavy atom. The summed E-state index contributed by atoms with van der Waals surface area (Å²) in [6, 6.07) is 6.50. The highest BCUT2D eigenvalue weighted by Crippen LogP contribution is 2.23. The maximum absolute atomic E-state index is 11.3. The fraction of sp³-hybridized carbons (Fsp3) is 0.500. The summed E-state index contributed by atoms with van der Waals surface area (Å²) < 4.78 is 28.4. The molecule has 0 heterocycles. The molecule has 96 valence electrons. The Bertz CT molecular complexity index is 463. The minimum atomic E-state index is -3.14. The Hall–Kier alpha value is -0.550.